The Balaban J connectivity index is 2.77. The van der Waals surface area contributed by atoms with Crippen LogP contribution in [0.5, 0.6) is 0 Å². The van der Waals surface area contributed by atoms with Crippen molar-refractivity contribution in [3.8, 4) is 0 Å². The molecule has 0 spiro atoms. The zero-order chi connectivity index (χ0) is 18.3. The minimum Gasteiger partial charge on any atom is -0.384 e. The van der Waals surface area contributed by atoms with Gasteiger partial charge in [0.1, 0.15) is 11.9 Å². The molecule has 7 heteroatoms. The number of hydrogen-bond acceptors (Lipinski definition) is 4. The predicted octanol–water partition coefficient (Wildman–Crippen LogP) is 0.117. The van der Waals surface area contributed by atoms with Crippen LogP contribution in [0.15, 0.2) is 24.3 Å². The van der Waals surface area contributed by atoms with E-state index in [1.54, 1.807) is 18.2 Å². The summed E-state index contributed by atoms with van der Waals surface area (Å²) in [6.07, 6.45) is 1.06. The van der Waals surface area contributed by atoms with Crippen LogP contribution in [0.25, 0.3) is 0 Å². The number of rotatable bonds is 8. The molecule has 7 nitrogen and oxygen atoms in total. The Hall–Kier alpha value is -2.41. The monoisotopic (exact) mass is 333 g/mol. The van der Waals surface area contributed by atoms with Crippen molar-refractivity contribution in [3.05, 3.63) is 35.4 Å². The minimum absolute atomic E-state index is 0.00198. The first kappa shape index (κ1) is 19.6. The van der Waals surface area contributed by atoms with Crippen molar-refractivity contribution in [2.45, 2.75) is 38.8 Å². The second-order valence-corrected chi connectivity index (χ2v) is 5.91. The van der Waals surface area contributed by atoms with Gasteiger partial charge >= 0.3 is 0 Å². The van der Waals surface area contributed by atoms with E-state index in [0.717, 1.165) is 12.0 Å². The van der Waals surface area contributed by atoms with E-state index in [-0.39, 0.29) is 23.6 Å². The van der Waals surface area contributed by atoms with E-state index in [1.165, 1.54) is 7.05 Å². The standard InChI is InChI=1S/C17H27N5O2/c1-4-10(2)14(17(24)21-3)22-16(23)13(18)9-11-6-5-7-12(8-11)15(19)20/h5-8,10,13-14H,4,9,18H2,1-3H3,(H3,19,20)(H,21,24)(H,22,23)/t10-,13-,14-/m0/s1. The topological polar surface area (TPSA) is 134 Å². The lowest BCUT2D eigenvalue weighted by atomic mass is 9.97. The van der Waals surface area contributed by atoms with Crippen molar-refractivity contribution in [2.75, 3.05) is 7.05 Å². The normalized spacial score (nSPS) is 14.3. The molecular weight excluding hydrogens is 306 g/mol. The molecule has 0 saturated carbocycles. The smallest absolute Gasteiger partial charge is 0.242 e. The lowest BCUT2D eigenvalue weighted by Crippen LogP contribution is -2.54. The van der Waals surface area contributed by atoms with E-state index in [9.17, 15) is 9.59 Å². The van der Waals surface area contributed by atoms with Gasteiger partial charge in [-0.25, -0.2) is 0 Å². The lowest BCUT2D eigenvalue weighted by molar-refractivity contribution is -0.130. The molecule has 0 aliphatic rings. The van der Waals surface area contributed by atoms with E-state index < -0.39 is 12.1 Å². The molecule has 2 amide bonds. The molecule has 3 atom stereocenters. The number of likely N-dealkylation sites (N-methyl/N-ethyl adjacent to an activating group) is 1. The zero-order valence-electron chi connectivity index (χ0n) is 14.4. The van der Waals surface area contributed by atoms with Crippen LogP contribution in [0.3, 0.4) is 0 Å². The quantitative estimate of drug-likeness (QED) is 0.341. The zero-order valence-corrected chi connectivity index (χ0v) is 14.4. The summed E-state index contributed by atoms with van der Waals surface area (Å²) >= 11 is 0. The third kappa shape index (κ3) is 5.34. The fraction of sp³-hybridized carbons (Fsp3) is 0.471. The molecule has 1 rings (SSSR count). The molecule has 7 N–H and O–H groups in total. The lowest BCUT2D eigenvalue weighted by Gasteiger charge is -2.24. The SMILES string of the molecule is CC[C@H](C)[C@H](NC(=O)[C@@H](N)Cc1cccc(C(=N)N)c1)C(=O)NC. The highest BCUT2D eigenvalue weighted by Gasteiger charge is 2.27. The largest absolute Gasteiger partial charge is 0.384 e. The van der Waals surface area contributed by atoms with Crippen molar-refractivity contribution in [2.24, 2.45) is 17.4 Å². The van der Waals surface area contributed by atoms with Gasteiger partial charge in [0.25, 0.3) is 0 Å². The summed E-state index contributed by atoms with van der Waals surface area (Å²) in [5, 5.41) is 12.7. The van der Waals surface area contributed by atoms with Crippen LogP contribution in [0.2, 0.25) is 0 Å². The molecule has 0 fully saturated rings. The number of amides is 2. The van der Waals surface area contributed by atoms with Crippen molar-refractivity contribution in [3.63, 3.8) is 0 Å². The van der Waals surface area contributed by atoms with Crippen LogP contribution in [-0.2, 0) is 16.0 Å². The maximum absolute atomic E-state index is 12.3. The first-order valence-electron chi connectivity index (χ1n) is 8.01. The highest BCUT2D eigenvalue weighted by molar-refractivity contribution is 5.95. The van der Waals surface area contributed by atoms with Gasteiger partial charge in [0.2, 0.25) is 11.8 Å². The summed E-state index contributed by atoms with van der Waals surface area (Å²) in [7, 11) is 1.54. The van der Waals surface area contributed by atoms with Crippen molar-refractivity contribution < 1.29 is 9.59 Å². The average molecular weight is 333 g/mol. The minimum atomic E-state index is -0.788. The van der Waals surface area contributed by atoms with Crippen LogP contribution in [0, 0.1) is 11.3 Å². The molecule has 0 unspecified atom stereocenters. The molecule has 1 aromatic rings. The van der Waals surface area contributed by atoms with Gasteiger partial charge in [-0.1, -0.05) is 38.5 Å². The second kappa shape index (κ2) is 9.02. The Bertz CT molecular complexity index is 602. The Morgan fingerprint density at radius 2 is 1.96 bits per heavy atom. The first-order chi connectivity index (χ1) is 11.3. The third-order valence-electron chi connectivity index (χ3n) is 4.07. The van der Waals surface area contributed by atoms with E-state index in [0.29, 0.717) is 12.0 Å². The molecular formula is C17H27N5O2. The molecule has 24 heavy (non-hydrogen) atoms. The van der Waals surface area contributed by atoms with Crippen LogP contribution in [0.4, 0.5) is 0 Å². The van der Waals surface area contributed by atoms with Crippen LogP contribution >= 0.6 is 0 Å². The molecule has 132 valence electrons. The Morgan fingerprint density at radius 3 is 2.50 bits per heavy atom. The van der Waals surface area contributed by atoms with Gasteiger partial charge in [0.15, 0.2) is 0 Å². The molecule has 0 radical (unpaired) electrons. The van der Waals surface area contributed by atoms with Gasteiger partial charge in [-0.3, -0.25) is 15.0 Å². The summed E-state index contributed by atoms with van der Waals surface area (Å²) < 4.78 is 0. The van der Waals surface area contributed by atoms with Gasteiger partial charge in [0, 0.05) is 12.6 Å². The van der Waals surface area contributed by atoms with Gasteiger partial charge in [-0.2, -0.15) is 0 Å². The van der Waals surface area contributed by atoms with Crippen LogP contribution < -0.4 is 22.1 Å². The molecule has 0 bridgehead atoms. The van der Waals surface area contributed by atoms with Crippen molar-refractivity contribution in [1.29, 1.82) is 5.41 Å². The number of nitrogens with one attached hydrogen (secondary N) is 3. The van der Waals surface area contributed by atoms with E-state index in [1.807, 2.05) is 19.9 Å². The van der Waals surface area contributed by atoms with Crippen molar-refractivity contribution >= 4 is 17.6 Å². The molecule has 0 saturated heterocycles. The summed E-state index contributed by atoms with van der Waals surface area (Å²) in [4.78, 5) is 24.3. The van der Waals surface area contributed by atoms with Crippen LogP contribution in [-0.4, -0.2) is 36.8 Å². The molecule has 1 aromatic carbocycles. The Kier molecular flexibility index (Phi) is 7.38. The average Bonchev–Trinajstić information content (AvgIpc) is 2.58. The highest BCUT2D eigenvalue weighted by atomic mass is 16.2. The summed E-state index contributed by atoms with van der Waals surface area (Å²) in [5.74, 6) is -0.644. The third-order valence-corrected chi connectivity index (χ3v) is 4.07. The maximum Gasteiger partial charge on any atom is 0.242 e. The number of hydrogen-bond donors (Lipinski definition) is 5. The Morgan fingerprint density at radius 1 is 1.29 bits per heavy atom. The molecule has 0 aliphatic carbocycles. The van der Waals surface area contributed by atoms with E-state index >= 15 is 0 Å². The van der Waals surface area contributed by atoms with Crippen LogP contribution in [0.1, 0.15) is 31.4 Å². The van der Waals surface area contributed by atoms with Crippen molar-refractivity contribution in [1.82, 2.24) is 10.6 Å². The second-order valence-electron chi connectivity index (χ2n) is 5.91. The van der Waals surface area contributed by atoms with E-state index in [2.05, 4.69) is 10.6 Å². The summed E-state index contributed by atoms with van der Waals surface area (Å²) in [6.45, 7) is 3.86. The maximum atomic E-state index is 12.3. The van der Waals surface area contributed by atoms with Gasteiger partial charge in [0.05, 0.1) is 6.04 Å². The van der Waals surface area contributed by atoms with E-state index in [4.69, 9.17) is 16.9 Å². The molecule has 0 aromatic heterocycles. The number of nitrogen functional groups attached to an aromatic ring is 1. The molecule has 0 heterocycles. The fourth-order valence-corrected chi connectivity index (χ4v) is 2.33. The number of nitrogens with two attached hydrogens (primary N) is 2. The number of carbonyl (C=O) groups is 2. The molecule has 0 aliphatic heterocycles. The highest BCUT2D eigenvalue weighted by Crippen LogP contribution is 2.10. The first-order valence-corrected chi connectivity index (χ1v) is 8.01. The number of benzene rings is 1. The number of carbonyl (C=O) groups excluding carboxylic acids is 2. The number of amidine groups is 1. The Labute approximate surface area is 142 Å². The summed E-state index contributed by atoms with van der Waals surface area (Å²) in [5.41, 5.74) is 12.8. The van der Waals surface area contributed by atoms with Gasteiger partial charge < -0.3 is 22.1 Å². The predicted molar refractivity (Wildman–Crippen MR) is 94.6 cm³/mol. The fourth-order valence-electron chi connectivity index (χ4n) is 2.33. The van der Waals surface area contributed by atoms with Gasteiger partial charge in [-0.15, -0.1) is 0 Å². The van der Waals surface area contributed by atoms with Gasteiger partial charge in [-0.05, 0) is 24.0 Å². The summed E-state index contributed by atoms with van der Waals surface area (Å²) in [6, 6.07) is 5.65.